The molecule has 40 heavy (non-hydrogen) atoms. The largest absolute Gasteiger partial charge is 0.573 e. The number of carbonyl (C=O) groups excluding carboxylic acids is 1. The van der Waals surface area contributed by atoms with Gasteiger partial charge in [0.1, 0.15) is 12.1 Å². The molecule has 1 unspecified atom stereocenters. The summed E-state index contributed by atoms with van der Waals surface area (Å²) in [4.78, 5) is 18.4. The molecule has 8 nitrogen and oxygen atoms in total. The maximum atomic E-state index is 12.7. The Labute approximate surface area is 241 Å². The number of hydrogen-bond donors (Lipinski definition) is 1. The first-order chi connectivity index (χ1) is 19.0. The zero-order chi connectivity index (χ0) is 28.9. The van der Waals surface area contributed by atoms with Crippen molar-refractivity contribution in [1.29, 1.82) is 0 Å². The van der Waals surface area contributed by atoms with Crippen molar-refractivity contribution in [3.05, 3.63) is 87.9 Å². The fourth-order valence-electron chi connectivity index (χ4n) is 3.49. The predicted molar refractivity (Wildman–Crippen MR) is 154 cm³/mol. The van der Waals surface area contributed by atoms with Gasteiger partial charge in [0.2, 0.25) is 5.91 Å². The molecule has 1 aliphatic rings. The van der Waals surface area contributed by atoms with E-state index in [1.807, 2.05) is 24.3 Å². The van der Waals surface area contributed by atoms with Crippen LogP contribution in [0.5, 0.6) is 5.75 Å². The molecule has 1 heterocycles. The van der Waals surface area contributed by atoms with E-state index in [1.54, 1.807) is 31.3 Å². The number of amidine groups is 1. The van der Waals surface area contributed by atoms with Gasteiger partial charge in [-0.3, -0.25) is 19.7 Å². The summed E-state index contributed by atoms with van der Waals surface area (Å²) in [5, 5.41) is 10.2. The first kappa shape index (κ1) is 29.4. The Morgan fingerprint density at radius 1 is 1.07 bits per heavy atom. The number of benzene rings is 3. The Balaban J connectivity index is 1.36. The first-order valence-corrected chi connectivity index (χ1v) is 13.2. The lowest BCUT2D eigenvalue weighted by molar-refractivity contribution is -0.274. The quantitative estimate of drug-likeness (QED) is 0.133. The van der Waals surface area contributed by atoms with Gasteiger partial charge in [0.05, 0.1) is 39.4 Å². The molecule has 2 N–H and O–H groups in total. The van der Waals surface area contributed by atoms with E-state index in [9.17, 15) is 18.0 Å². The van der Waals surface area contributed by atoms with E-state index in [1.165, 1.54) is 40.1 Å². The number of nitrogens with two attached hydrogens (primary N) is 1. The van der Waals surface area contributed by atoms with Crippen LogP contribution < -0.4 is 20.5 Å². The average Bonchev–Trinajstić information content (AvgIpc) is 3.17. The number of amides is 1. The Morgan fingerprint density at radius 3 is 2.35 bits per heavy atom. The first-order valence-electron chi connectivity index (χ1n) is 11.6. The summed E-state index contributed by atoms with van der Waals surface area (Å²) < 4.78 is 40.7. The van der Waals surface area contributed by atoms with Crippen molar-refractivity contribution in [1.82, 2.24) is 0 Å². The number of carbonyl (C=O) groups is 1. The van der Waals surface area contributed by atoms with Crippen LogP contribution in [0.4, 0.5) is 24.5 Å². The van der Waals surface area contributed by atoms with E-state index < -0.39 is 6.36 Å². The van der Waals surface area contributed by atoms with Gasteiger partial charge < -0.3 is 4.74 Å². The van der Waals surface area contributed by atoms with Gasteiger partial charge in [-0.05, 0) is 54.4 Å². The molecule has 1 aliphatic heterocycles. The summed E-state index contributed by atoms with van der Waals surface area (Å²) in [7, 11) is 0. The number of hydrogen-bond acceptors (Lipinski definition) is 7. The Bertz CT molecular complexity index is 1430. The molecule has 1 atom stereocenters. The molecule has 0 saturated carbocycles. The molecule has 3 aromatic carbocycles. The van der Waals surface area contributed by atoms with Crippen molar-refractivity contribution < 1.29 is 22.7 Å². The average molecular weight is 609 g/mol. The second-order valence-corrected chi connectivity index (χ2v) is 10.4. The van der Waals surface area contributed by atoms with Gasteiger partial charge in [0, 0.05) is 0 Å². The number of ether oxygens (including phenoxy) is 1. The number of para-hydroxylation sites is 1. The summed E-state index contributed by atoms with van der Waals surface area (Å²) in [6.45, 7) is 2.08. The van der Waals surface area contributed by atoms with Gasteiger partial charge in [-0.25, -0.2) is 5.84 Å². The van der Waals surface area contributed by atoms with Gasteiger partial charge in [0.25, 0.3) is 0 Å². The van der Waals surface area contributed by atoms with E-state index in [2.05, 4.69) is 19.9 Å². The van der Waals surface area contributed by atoms with Crippen LogP contribution in [0.2, 0.25) is 10.0 Å². The van der Waals surface area contributed by atoms with Gasteiger partial charge in [-0.15, -0.1) is 18.3 Å². The summed E-state index contributed by atoms with van der Waals surface area (Å²) in [6, 6.07) is 17.4. The van der Waals surface area contributed by atoms with Crippen LogP contribution in [0.1, 0.15) is 18.1 Å². The summed E-state index contributed by atoms with van der Waals surface area (Å²) in [5.74, 6) is 5.36. The van der Waals surface area contributed by atoms with Crippen molar-refractivity contribution in [3.8, 4) is 5.75 Å². The molecule has 1 saturated heterocycles. The van der Waals surface area contributed by atoms with E-state index in [0.717, 1.165) is 23.3 Å². The molecule has 0 aromatic heterocycles. The SMILES string of the molecule is CC1S/C(=N\N=C\c2ccc(CN=CN(N)c3ccc(OC(F)(F)F)cc3)cc2)N(c2c(Cl)cccc2Cl)C1=O. The minimum absolute atomic E-state index is 0.192. The second kappa shape index (κ2) is 12.7. The van der Waals surface area contributed by atoms with Crippen molar-refractivity contribution in [2.24, 2.45) is 21.0 Å². The summed E-state index contributed by atoms with van der Waals surface area (Å²) >= 11 is 13.9. The minimum atomic E-state index is -4.76. The standard InChI is InChI=1S/C26H21Cl2F3N6O2S/c1-16-24(38)37(23-21(27)3-2-4-22(23)28)25(40-16)35-34-14-18-7-5-17(6-8-18)13-33-15-36(32)19-9-11-20(12-10-19)39-26(29,30)31/h2-12,14-16H,13,32H2,1H3/b33-15?,34-14+,35-25-. The number of hydrazine groups is 1. The fraction of sp³-hybridized carbons (Fsp3) is 0.154. The van der Waals surface area contributed by atoms with Crippen LogP contribution in [0.3, 0.4) is 0 Å². The van der Waals surface area contributed by atoms with Gasteiger partial charge in [-0.1, -0.05) is 65.3 Å². The van der Waals surface area contributed by atoms with Crippen LogP contribution in [0.15, 0.2) is 81.9 Å². The second-order valence-electron chi connectivity index (χ2n) is 8.28. The van der Waals surface area contributed by atoms with E-state index in [0.29, 0.717) is 33.1 Å². The van der Waals surface area contributed by atoms with E-state index >= 15 is 0 Å². The molecule has 3 aromatic rings. The monoisotopic (exact) mass is 608 g/mol. The number of nitrogens with zero attached hydrogens (tertiary/aromatic N) is 5. The van der Waals surface area contributed by atoms with Gasteiger partial charge in [0.15, 0.2) is 5.17 Å². The van der Waals surface area contributed by atoms with Crippen molar-refractivity contribution in [2.75, 3.05) is 9.91 Å². The molecule has 208 valence electrons. The third-order valence-electron chi connectivity index (χ3n) is 5.38. The highest BCUT2D eigenvalue weighted by Gasteiger charge is 2.38. The zero-order valence-electron chi connectivity index (χ0n) is 20.7. The Morgan fingerprint density at radius 2 is 1.73 bits per heavy atom. The van der Waals surface area contributed by atoms with Crippen LogP contribution >= 0.6 is 35.0 Å². The summed E-state index contributed by atoms with van der Waals surface area (Å²) in [6.07, 6.45) is -1.85. The molecule has 0 bridgehead atoms. The molecular weight excluding hydrogens is 588 g/mol. The molecule has 1 amide bonds. The van der Waals surface area contributed by atoms with Crippen LogP contribution in [0.25, 0.3) is 0 Å². The van der Waals surface area contributed by atoms with Crippen LogP contribution in [0, 0.1) is 0 Å². The molecule has 0 radical (unpaired) electrons. The Hall–Kier alpha value is -3.58. The molecular formula is C26H21Cl2F3N6O2S. The molecule has 1 fully saturated rings. The highest BCUT2D eigenvalue weighted by molar-refractivity contribution is 8.16. The lowest BCUT2D eigenvalue weighted by Gasteiger charge is -2.18. The van der Waals surface area contributed by atoms with E-state index in [4.69, 9.17) is 29.0 Å². The van der Waals surface area contributed by atoms with Gasteiger partial charge in [-0.2, -0.15) is 5.10 Å². The van der Waals surface area contributed by atoms with Crippen LogP contribution in [-0.4, -0.2) is 35.2 Å². The number of alkyl halides is 3. The van der Waals surface area contributed by atoms with E-state index in [-0.39, 0.29) is 16.9 Å². The smallest absolute Gasteiger partial charge is 0.406 e. The molecule has 4 rings (SSSR count). The Kier molecular flexibility index (Phi) is 9.36. The highest BCUT2D eigenvalue weighted by atomic mass is 35.5. The zero-order valence-corrected chi connectivity index (χ0v) is 23.0. The maximum absolute atomic E-state index is 12.7. The number of aliphatic imine (C=N–C) groups is 1. The van der Waals surface area contributed by atoms with Crippen molar-refractivity contribution >= 4 is 70.0 Å². The van der Waals surface area contributed by atoms with Gasteiger partial charge >= 0.3 is 6.36 Å². The lowest BCUT2D eigenvalue weighted by atomic mass is 10.1. The molecule has 0 spiro atoms. The number of halogens is 5. The topological polar surface area (TPSA) is 95.9 Å². The fourth-order valence-corrected chi connectivity index (χ4v) is 4.96. The van der Waals surface area contributed by atoms with Crippen LogP contribution in [-0.2, 0) is 11.3 Å². The van der Waals surface area contributed by atoms with Crippen molar-refractivity contribution in [2.45, 2.75) is 25.1 Å². The summed E-state index contributed by atoms with van der Waals surface area (Å²) in [5.41, 5.74) is 2.45. The molecule has 0 aliphatic carbocycles. The third kappa shape index (κ3) is 7.54. The number of rotatable bonds is 8. The highest BCUT2D eigenvalue weighted by Crippen LogP contribution is 2.40. The number of anilines is 2. The molecule has 14 heteroatoms. The normalized spacial score (nSPS) is 17.0. The third-order valence-corrected chi connectivity index (χ3v) is 7.02. The maximum Gasteiger partial charge on any atom is 0.573 e. The lowest BCUT2D eigenvalue weighted by Crippen LogP contribution is -2.31. The number of thioether (sulfide) groups is 1. The minimum Gasteiger partial charge on any atom is -0.406 e. The predicted octanol–water partition coefficient (Wildman–Crippen LogP) is 6.66. The van der Waals surface area contributed by atoms with Crippen molar-refractivity contribution in [3.63, 3.8) is 0 Å².